The summed E-state index contributed by atoms with van der Waals surface area (Å²) >= 11 is 0. The number of amides is 6. The number of aliphatic hydroxyl groups excluding tert-OH is 1. The normalized spacial score (nSPS) is 20.2. The van der Waals surface area contributed by atoms with Crippen LogP contribution in [0.4, 0.5) is 0 Å². The molecule has 0 aromatic heterocycles. The van der Waals surface area contributed by atoms with E-state index in [0.29, 0.717) is 50.5 Å². The Bertz CT molecular complexity index is 1560. The van der Waals surface area contributed by atoms with Gasteiger partial charge in [0.25, 0.3) is 5.91 Å². The maximum atomic E-state index is 13.7. The minimum absolute atomic E-state index is 0.0357. The summed E-state index contributed by atoms with van der Waals surface area (Å²) in [7, 11) is 0. The molecular formula is C39H54N6O9. The summed E-state index contributed by atoms with van der Waals surface area (Å²) < 4.78 is 5.84. The number of benzene rings is 2. The van der Waals surface area contributed by atoms with E-state index in [1.807, 2.05) is 51.1 Å². The molecule has 6 amide bonds. The molecular weight excluding hydrogens is 696 g/mol. The average Bonchev–Trinajstić information content (AvgIpc) is 3.64. The van der Waals surface area contributed by atoms with Crippen molar-refractivity contribution in [1.29, 1.82) is 0 Å². The summed E-state index contributed by atoms with van der Waals surface area (Å²) in [6, 6.07) is 14.9. The number of ether oxygens (including phenoxy) is 1. The van der Waals surface area contributed by atoms with E-state index in [9.17, 15) is 33.9 Å². The van der Waals surface area contributed by atoms with Gasteiger partial charge in [0, 0.05) is 12.1 Å². The Morgan fingerprint density at radius 2 is 1.57 bits per heavy atom. The summed E-state index contributed by atoms with van der Waals surface area (Å²) in [6.07, 6.45) is 1.42. The monoisotopic (exact) mass is 750 g/mol. The summed E-state index contributed by atoms with van der Waals surface area (Å²) in [4.78, 5) is 84.2. The minimum Gasteiger partial charge on any atom is -0.381 e. The van der Waals surface area contributed by atoms with Crippen molar-refractivity contribution in [3.63, 3.8) is 0 Å². The van der Waals surface area contributed by atoms with Crippen LogP contribution in [0.3, 0.4) is 0 Å². The molecule has 1 saturated carbocycles. The van der Waals surface area contributed by atoms with Gasteiger partial charge in [-0.05, 0) is 76.8 Å². The van der Waals surface area contributed by atoms with E-state index in [0.717, 1.165) is 5.56 Å². The number of carbonyl (C=O) groups excluding carboxylic acids is 6. The van der Waals surface area contributed by atoms with Gasteiger partial charge in [0.05, 0.1) is 24.6 Å². The molecule has 2 aromatic carbocycles. The lowest BCUT2D eigenvalue weighted by Gasteiger charge is -2.33. The van der Waals surface area contributed by atoms with Gasteiger partial charge in [-0.1, -0.05) is 60.7 Å². The number of rotatable bonds is 18. The van der Waals surface area contributed by atoms with E-state index >= 15 is 0 Å². The molecule has 1 aliphatic carbocycles. The first-order valence-corrected chi connectivity index (χ1v) is 18.5. The number of hydrogen-bond donors (Lipinski definition) is 5. The molecule has 4 rings (SSSR count). The topological polar surface area (TPSA) is 210 Å². The summed E-state index contributed by atoms with van der Waals surface area (Å²) in [5.74, 6) is -3.41. The Kier molecular flexibility index (Phi) is 15.5. The second-order valence-electron chi connectivity index (χ2n) is 14.9. The standard InChI is InChI=1S/C39H54N6O9/c1-39(2,3)43-37(51)32-15-10-20-44(32)38(52)35(49)30(21-26-11-6-4-7-12-26)42-36(50)31(22-33(40)47)41-34(48)24-53-29-18-16-28(17-19-29)45(25-46)54-23-27-13-8-5-9-14-27/h4-9,11-14,25,28-32,35,49H,10,15-24H2,1-3H3,(H2,40,47)(H,41,48)(H,42,50)(H,43,51)/t28?,29?,30-,31-,32-,35-/m0/s1. The Hall–Kier alpha value is -4.86. The van der Waals surface area contributed by atoms with Crippen LogP contribution in [0.2, 0.25) is 0 Å². The van der Waals surface area contributed by atoms with Crippen LogP contribution in [0, 0.1) is 0 Å². The molecule has 1 heterocycles. The van der Waals surface area contributed by atoms with Crippen LogP contribution in [-0.4, -0.2) is 106 Å². The molecule has 0 radical (unpaired) electrons. The number of aliphatic hydroxyl groups is 1. The fraction of sp³-hybridized carbons (Fsp3) is 0.538. The number of likely N-dealkylation sites (tertiary alicyclic amines) is 1. The lowest BCUT2D eigenvalue weighted by Crippen LogP contribution is -2.59. The molecule has 0 bridgehead atoms. The largest absolute Gasteiger partial charge is 0.381 e. The van der Waals surface area contributed by atoms with Gasteiger partial charge >= 0.3 is 0 Å². The Morgan fingerprint density at radius 1 is 0.944 bits per heavy atom. The fourth-order valence-corrected chi connectivity index (χ4v) is 6.74. The first-order valence-electron chi connectivity index (χ1n) is 18.5. The quantitative estimate of drug-likeness (QED) is 0.110. The average molecular weight is 751 g/mol. The van der Waals surface area contributed by atoms with Gasteiger partial charge in [0.2, 0.25) is 30.0 Å². The Morgan fingerprint density at radius 3 is 2.17 bits per heavy atom. The van der Waals surface area contributed by atoms with E-state index < -0.39 is 66.4 Å². The number of nitrogens with one attached hydrogen (secondary N) is 3. The first-order chi connectivity index (χ1) is 25.7. The smallest absolute Gasteiger partial charge is 0.254 e. The fourth-order valence-electron chi connectivity index (χ4n) is 6.74. The maximum absolute atomic E-state index is 13.7. The van der Waals surface area contributed by atoms with Crippen LogP contribution >= 0.6 is 0 Å². The number of hydroxylamine groups is 2. The van der Waals surface area contributed by atoms with Gasteiger partial charge in [0.1, 0.15) is 25.3 Å². The van der Waals surface area contributed by atoms with Gasteiger partial charge in [-0.3, -0.25) is 33.6 Å². The van der Waals surface area contributed by atoms with Crippen molar-refractivity contribution in [2.45, 2.75) is 121 Å². The van der Waals surface area contributed by atoms with Crippen LogP contribution in [0.5, 0.6) is 0 Å². The third-order valence-electron chi connectivity index (χ3n) is 9.43. The minimum atomic E-state index is -1.75. The molecule has 15 heteroatoms. The molecule has 0 spiro atoms. The van der Waals surface area contributed by atoms with E-state index in [2.05, 4.69) is 16.0 Å². The van der Waals surface area contributed by atoms with Crippen molar-refractivity contribution in [3.05, 3.63) is 71.8 Å². The van der Waals surface area contributed by atoms with Gasteiger partial charge < -0.3 is 36.4 Å². The number of primary amides is 1. The van der Waals surface area contributed by atoms with Crippen molar-refractivity contribution in [2.75, 3.05) is 13.2 Å². The molecule has 2 aromatic rings. The van der Waals surface area contributed by atoms with Crippen molar-refractivity contribution in [1.82, 2.24) is 25.9 Å². The van der Waals surface area contributed by atoms with Gasteiger partial charge in [-0.25, -0.2) is 5.06 Å². The van der Waals surface area contributed by atoms with Gasteiger partial charge in [-0.2, -0.15) is 0 Å². The van der Waals surface area contributed by atoms with E-state index in [-0.39, 0.29) is 37.6 Å². The molecule has 54 heavy (non-hydrogen) atoms. The highest BCUT2D eigenvalue weighted by molar-refractivity contribution is 5.93. The number of hydrogen-bond acceptors (Lipinski definition) is 9. The lowest BCUT2D eigenvalue weighted by atomic mass is 9.93. The highest BCUT2D eigenvalue weighted by Gasteiger charge is 2.41. The first kappa shape index (κ1) is 41.9. The molecule has 6 N–H and O–H groups in total. The summed E-state index contributed by atoms with van der Waals surface area (Å²) in [6.45, 7) is 5.61. The molecule has 15 nitrogen and oxygen atoms in total. The van der Waals surface area contributed by atoms with Crippen LogP contribution in [0.25, 0.3) is 0 Å². The molecule has 2 aliphatic rings. The number of nitrogens with two attached hydrogens (primary N) is 1. The van der Waals surface area contributed by atoms with Crippen LogP contribution in [-0.2, 0) is 51.4 Å². The molecule has 1 aliphatic heterocycles. The van der Waals surface area contributed by atoms with Gasteiger partial charge in [-0.15, -0.1) is 0 Å². The highest BCUT2D eigenvalue weighted by Crippen LogP contribution is 2.25. The van der Waals surface area contributed by atoms with E-state index in [1.165, 1.54) is 9.96 Å². The predicted octanol–water partition coefficient (Wildman–Crippen LogP) is 1.26. The van der Waals surface area contributed by atoms with Crippen LogP contribution in [0.15, 0.2) is 60.7 Å². The molecule has 0 unspecified atom stereocenters. The number of carbonyl (C=O) groups is 6. The third-order valence-corrected chi connectivity index (χ3v) is 9.43. The van der Waals surface area contributed by atoms with Crippen molar-refractivity contribution in [2.24, 2.45) is 5.73 Å². The van der Waals surface area contributed by atoms with Crippen LogP contribution in [0.1, 0.15) is 76.8 Å². The van der Waals surface area contributed by atoms with Crippen LogP contribution < -0.4 is 21.7 Å². The van der Waals surface area contributed by atoms with Crippen molar-refractivity contribution >= 4 is 35.9 Å². The maximum Gasteiger partial charge on any atom is 0.254 e. The molecule has 294 valence electrons. The predicted molar refractivity (Wildman–Crippen MR) is 198 cm³/mol. The highest BCUT2D eigenvalue weighted by atomic mass is 16.7. The van der Waals surface area contributed by atoms with Crippen molar-refractivity contribution < 1.29 is 43.4 Å². The second-order valence-corrected chi connectivity index (χ2v) is 14.9. The lowest BCUT2D eigenvalue weighted by molar-refractivity contribution is -0.198. The second kappa shape index (κ2) is 20.0. The number of nitrogens with zero attached hydrogens (tertiary/aromatic N) is 2. The van der Waals surface area contributed by atoms with E-state index in [4.69, 9.17) is 15.3 Å². The molecule has 2 fully saturated rings. The zero-order valence-electron chi connectivity index (χ0n) is 31.3. The summed E-state index contributed by atoms with van der Waals surface area (Å²) in [5, 5.41) is 20.8. The Balaban J connectivity index is 1.34. The Labute approximate surface area is 316 Å². The van der Waals surface area contributed by atoms with Gasteiger partial charge in [0.15, 0.2) is 6.10 Å². The third kappa shape index (κ3) is 12.9. The SMILES string of the molecule is CC(C)(C)NC(=O)[C@@H]1CCCN1C(=O)[C@@H](O)[C@H](Cc1ccccc1)NC(=O)[C@H](CC(N)=O)NC(=O)COC1CCC(N(C=O)OCc2ccccc2)CC1. The molecule has 1 saturated heterocycles. The van der Waals surface area contributed by atoms with Crippen molar-refractivity contribution in [3.8, 4) is 0 Å². The van der Waals surface area contributed by atoms with E-state index in [1.54, 1.807) is 30.3 Å². The molecule has 4 atom stereocenters. The zero-order valence-corrected chi connectivity index (χ0v) is 31.3. The zero-order chi connectivity index (χ0) is 39.3. The summed E-state index contributed by atoms with van der Waals surface area (Å²) in [5.41, 5.74) is 6.56.